The second-order valence-corrected chi connectivity index (χ2v) is 4.62. The molecule has 1 atom stereocenters. The number of amides is 1. The molecule has 0 aromatic heterocycles. The first kappa shape index (κ1) is 15.0. The number of nitrogens with zero attached hydrogens (tertiary/aromatic N) is 1. The molecule has 0 aliphatic carbocycles. The zero-order chi connectivity index (χ0) is 14.6. The molecule has 1 aromatic carbocycles. The molecule has 104 valence electrons. The second kappa shape index (κ2) is 6.24. The van der Waals surface area contributed by atoms with Crippen LogP contribution >= 0.6 is 0 Å². The Morgan fingerprint density at radius 3 is 2.63 bits per heavy atom. The molecule has 7 heteroatoms. The molecule has 0 aliphatic heterocycles. The fourth-order valence-corrected chi connectivity index (χ4v) is 1.41. The average Bonchev–Trinajstić information content (AvgIpc) is 2.27. The van der Waals surface area contributed by atoms with E-state index < -0.39 is 22.3 Å². The molecule has 0 saturated heterocycles. The molecule has 0 bridgehead atoms. The maximum absolute atomic E-state index is 13.1. The Kier molecular flexibility index (Phi) is 4.94. The molecule has 3 N–H and O–H groups in total. The van der Waals surface area contributed by atoms with Gasteiger partial charge in [-0.1, -0.05) is 13.8 Å². The van der Waals surface area contributed by atoms with E-state index in [2.05, 4.69) is 5.32 Å². The summed E-state index contributed by atoms with van der Waals surface area (Å²) in [4.78, 5) is 21.5. The molecule has 1 rings (SSSR count). The van der Waals surface area contributed by atoms with Crippen LogP contribution in [0, 0.1) is 21.8 Å². The summed E-state index contributed by atoms with van der Waals surface area (Å²) in [6.45, 7) is 3.76. The van der Waals surface area contributed by atoms with Crippen LogP contribution in [-0.2, 0) is 4.79 Å². The first-order chi connectivity index (χ1) is 8.79. The molecule has 0 saturated carbocycles. The van der Waals surface area contributed by atoms with Gasteiger partial charge in [-0.2, -0.15) is 0 Å². The molecule has 1 amide bonds. The lowest BCUT2D eigenvalue weighted by atomic mass is 10.0. The van der Waals surface area contributed by atoms with E-state index in [1.165, 1.54) is 0 Å². The normalized spacial score (nSPS) is 12.3. The number of nitrogens with two attached hydrogens (primary N) is 1. The Morgan fingerprint density at radius 1 is 1.47 bits per heavy atom. The summed E-state index contributed by atoms with van der Waals surface area (Å²) in [6, 6.07) is 2.59. The van der Waals surface area contributed by atoms with E-state index in [0.29, 0.717) is 0 Å². The summed E-state index contributed by atoms with van der Waals surface area (Å²) >= 11 is 0. The van der Waals surface area contributed by atoms with Crippen molar-refractivity contribution in [2.24, 2.45) is 11.7 Å². The van der Waals surface area contributed by atoms with E-state index in [1.54, 1.807) is 0 Å². The van der Waals surface area contributed by atoms with Gasteiger partial charge in [0.05, 0.1) is 16.7 Å². The summed E-state index contributed by atoms with van der Waals surface area (Å²) in [6.07, 6.45) is 0.0714. The quantitative estimate of drug-likeness (QED) is 0.631. The third-order valence-electron chi connectivity index (χ3n) is 2.65. The lowest BCUT2D eigenvalue weighted by molar-refractivity contribution is -0.385. The predicted octanol–water partition coefficient (Wildman–Crippen LogP) is 2.05. The Bertz CT molecular complexity index is 491. The molecular weight excluding hydrogens is 253 g/mol. The van der Waals surface area contributed by atoms with Gasteiger partial charge in [0.25, 0.3) is 5.69 Å². The molecule has 1 aromatic rings. The highest BCUT2D eigenvalue weighted by atomic mass is 19.1. The number of hydrogen-bond donors (Lipinski definition) is 2. The van der Waals surface area contributed by atoms with Crippen LogP contribution in [0.4, 0.5) is 15.8 Å². The number of anilines is 1. The third kappa shape index (κ3) is 4.63. The molecule has 0 aliphatic rings. The highest BCUT2D eigenvalue weighted by molar-refractivity contribution is 5.91. The molecule has 1 unspecified atom stereocenters. The Balaban J connectivity index is 2.77. The molecule has 0 spiro atoms. The van der Waals surface area contributed by atoms with Crippen molar-refractivity contribution in [3.63, 3.8) is 0 Å². The van der Waals surface area contributed by atoms with Crippen LogP contribution in [0.1, 0.15) is 20.3 Å². The van der Waals surface area contributed by atoms with E-state index in [9.17, 15) is 19.3 Å². The van der Waals surface area contributed by atoms with Gasteiger partial charge in [-0.05, 0) is 12.0 Å². The van der Waals surface area contributed by atoms with Gasteiger partial charge in [0, 0.05) is 18.5 Å². The monoisotopic (exact) mass is 269 g/mol. The highest BCUT2D eigenvalue weighted by Gasteiger charge is 2.15. The van der Waals surface area contributed by atoms with Crippen molar-refractivity contribution >= 4 is 17.3 Å². The number of non-ortho nitro benzene ring substituents is 1. The minimum Gasteiger partial charge on any atom is -0.327 e. The number of rotatable bonds is 5. The van der Waals surface area contributed by atoms with Crippen molar-refractivity contribution < 1.29 is 14.1 Å². The summed E-state index contributed by atoms with van der Waals surface area (Å²) in [5.41, 5.74) is 5.37. The van der Waals surface area contributed by atoms with Crippen LogP contribution < -0.4 is 11.1 Å². The van der Waals surface area contributed by atoms with E-state index in [0.717, 1.165) is 18.2 Å². The fourth-order valence-electron chi connectivity index (χ4n) is 1.41. The smallest absolute Gasteiger partial charge is 0.274 e. The third-order valence-corrected chi connectivity index (χ3v) is 2.65. The SMILES string of the molecule is CC(C)C(N)CC(=O)Nc1cc(F)cc([N+](=O)[O-])c1. The van der Waals surface area contributed by atoms with Gasteiger partial charge >= 0.3 is 0 Å². The van der Waals surface area contributed by atoms with E-state index in [1.807, 2.05) is 13.8 Å². The van der Waals surface area contributed by atoms with Crippen molar-refractivity contribution in [2.45, 2.75) is 26.3 Å². The number of carbonyl (C=O) groups is 1. The van der Waals surface area contributed by atoms with Crippen molar-refractivity contribution in [3.8, 4) is 0 Å². The molecule has 0 heterocycles. The highest BCUT2D eigenvalue weighted by Crippen LogP contribution is 2.20. The van der Waals surface area contributed by atoms with Crippen LogP contribution in [-0.4, -0.2) is 16.9 Å². The van der Waals surface area contributed by atoms with Gasteiger partial charge in [-0.25, -0.2) is 4.39 Å². The van der Waals surface area contributed by atoms with Gasteiger partial charge in [0.2, 0.25) is 5.91 Å². The maximum Gasteiger partial charge on any atom is 0.274 e. The standard InChI is InChI=1S/C12H16FN3O3/c1-7(2)11(14)6-12(17)15-9-3-8(13)4-10(5-9)16(18)19/h3-5,7,11H,6,14H2,1-2H3,(H,15,17). The minimum atomic E-state index is -0.780. The van der Waals surface area contributed by atoms with Gasteiger partial charge in [0.15, 0.2) is 0 Å². The number of hydrogen-bond acceptors (Lipinski definition) is 4. The minimum absolute atomic E-state index is 0.0488. The summed E-state index contributed by atoms with van der Waals surface area (Å²) in [7, 11) is 0. The number of benzene rings is 1. The number of halogens is 1. The Morgan fingerprint density at radius 2 is 2.11 bits per heavy atom. The number of nitro groups is 1. The van der Waals surface area contributed by atoms with Crippen molar-refractivity contribution in [1.82, 2.24) is 0 Å². The van der Waals surface area contributed by atoms with Crippen LogP contribution in [0.5, 0.6) is 0 Å². The second-order valence-electron chi connectivity index (χ2n) is 4.62. The molecule has 6 nitrogen and oxygen atoms in total. The topological polar surface area (TPSA) is 98.3 Å². The lowest BCUT2D eigenvalue weighted by Gasteiger charge is -2.15. The van der Waals surface area contributed by atoms with E-state index in [-0.39, 0.29) is 24.1 Å². The Labute approximate surface area is 109 Å². The van der Waals surface area contributed by atoms with Gasteiger partial charge in [-0.15, -0.1) is 0 Å². The van der Waals surface area contributed by atoms with Gasteiger partial charge in [-0.3, -0.25) is 14.9 Å². The van der Waals surface area contributed by atoms with Crippen molar-refractivity contribution in [2.75, 3.05) is 5.32 Å². The maximum atomic E-state index is 13.1. The summed E-state index contributed by atoms with van der Waals surface area (Å²) in [5.74, 6) is -1.05. The Hall–Kier alpha value is -2.02. The van der Waals surface area contributed by atoms with E-state index >= 15 is 0 Å². The average molecular weight is 269 g/mol. The van der Waals surface area contributed by atoms with Crippen molar-refractivity contribution in [1.29, 1.82) is 0 Å². The molecule has 19 heavy (non-hydrogen) atoms. The van der Waals surface area contributed by atoms with Crippen molar-refractivity contribution in [3.05, 3.63) is 34.1 Å². The van der Waals surface area contributed by atoms with E-state index in [4.69, 9.17) is 5.73 Å². The summed E-state index contributed by atoms with van der Waals surface area (Å²) < 4.78 is 13.1. The number of nitrogens with one attached hydrogen (secondary N) is 1. The largest absolute Gasteiger partial charge is 0.327 e. The van der Waals surface area contributed by atoms with Crippen LogP contribution in [0.2, 0.25) is 0 Å². The predicted molar refractivity (Wildman–Crippen MR) is 69.1 cm³/mol. The number of carbonyl (C=O) groups excluding carboxylic acids is 1. The molecule has 0 radical (unpaired) electrons. The van der Waals surface area contributed by atoms with Crippen LogP contribution in [0.3, 0.4) is 0 Å². The number of nitro benzene ring substituents is 1. The van der Waals surface area contributed by atoms with Gasteiger partial charge in [0.1, 0.15) is 5.82 Å². The summed E-state index contributed by atoms with van der Waals surface area (Å²) in [5, 5.41) is 13.0. The zero-order valence-corrected chi connectivity index (χ0v) is 10.7. The molecular formula is C12H16FN3O3. The first-order valence-electron chi connectivity index (χ1n) is 5.80. The first-order valence-corrected chi connectivity index (χ1v) is 5.80. The van der Waals surface area contributed by atoms with Crippen LogP contribution in [0.25, 0.3) is 0 Å². The lowest BCUT2D eigenvalue weighted by Crippen LogP contribution is -2.31. The van der Waals surface area contributed by atoms with Crippen LogP contribution in [0.15, 0.2) is 18.2 Å². The zero-order valence-electron chi connectivity index (χ0n) is 10.7. The fraction of sp³-hybridized carbons (Fsp3) is 0.417. The molecule has 0 fully saturated rings. The van der Waals surface area contributed by atoms with Gasteiger partial charge < -0.3 is 11.1 Å².